The second-order valence-corrected chi connectivity index (χ2v) is 9.69. The Morgan fingerprint density at radius 3 is 3.00 bits per heavy atom. The number of sulfonamides is 1. The van der Waals surface area contributed by atoms with Crippen molar-refractivity contribution in [3.8, 4) is 16.5 Å². The molecule has 27 heavy (non-hydrogen) atoms. The van der Waals surface area contributed by atoms with Crippen LogP contribution in [-0.2, 0) is 20.3 Å². The van der Waals surface area contributed by atoms with Crippen molar-refractivity contribution in [2.24, 2.45) is 10.7 Å². The lowest BCUT2D eigenvalue weighted by Gasteiger charge is -2.37. The van der Waals surface area contributed by atoms with E-state index in [4.69, 9.17) is 27.3 Å². The zero-order valence-electron chi connectivity index (χ0n) is 14.1. The van der Waals surface area contributed by atoms with Crippen molar-refractivity contribution in [3.63, 3.8) is 0 Å². The van der Waals surface area contributed by atoms with E-state index < -0.39 is 21.0 Å². The maximum Gasteiger partial charge on any atom is 0.267 e. The number of aromatic nitrogens is 1. The van der Waals surface area contributed by atoms with Gasteiger partial charge in [-0.05, 0) is 12.1 Å². The second-order valence-electron chi connectivity index (χ2n) is 6.22. The van der Waals surface area contributed by atoms with Crippen LogP contribution in [0.3, 0.4) is 0 Å². The molecule has 0 bridgehead atoms. The number of nitriles is 1. The predicted molar refractivity (Wildman–Crippen MR) is 102 cm³/mol. The van der Waals surface area contributed by atoms with Crippen LogP contribution >= 0.6 is 22.9 Å². The van der Waals surface area contributed by atoms with Gasteiger partial charge in [-0.2, -0.15) is 5.26 Å². The number of aliphatic imine (C=N–C) groups is 1. The van der Waals surface area contributed by atoms with E-state index in [0.717, 1.165) is 9.18 Å². The molecule has 4 heterocycles. The SMILES string of the molecule is CN1C(N)=NC2(c3sc(-c4cncc(C#N)c4)cc3Cl)CCOC2S1(=O)=O. The summed E-state index contributed by atoms with van der Waals surface area (Å²) in [6.45, 7) is 0.226. The number of guanidine groups is 1. The van der Waals surface area contributed by atoms with Gasteiger partial charge < -0.3 is 10.5 Å². The van der Waals surface area contributed by atoms with Crippen LogP contribution in [-0.4, -0.2) is 42.8 Å². The molecule has 11 heteroatoms. The third-order valence-corrected chi connectivity index (χ3v) is 8.44. The van der Waals surface area contributed by atoms with Gasteiger partial charge >= 0.3 is 0 Å². The molecule has 2 aromatic heterocycles. The quantitative estimate of drug-likeness (QED) is 0.786. The highest BCUT2D eigenvalue weighted by Gasteiger charge is 2.58. The van der Waals surface area contributed by atoms with Crippen molar-refractivity contribution in [3.05, 3.63) is 40.0 Å². The Morgan fingerprint density at radius 2 is 2.26 bits per heavy atom. The zero-order chi connectivity index (χ0) is 19.4. The van der Waals surface area contributed by atoms with Gasteiger partial charge in [0.25, 0.3) is 10.0 Å². The molecular weight excluding hydrogens is 410 g/mol. The molecule has 0 aliphatic carbocycles. The number of nitrogens with two attached hydrogens (primary N) is 1. The third kappa shape index (κ3) is 2.62. The van der Waals surface area contributed by atoms with E-state index >= 15 is 0 Å². The van der Waals surface area contributed by atoms with Gasteiger partial charge in [0.15, 0.2) is 0 Å². The molecule has 0 aromatic carbocycles. The first-order valence-corrected chi connectivity index (χ1v) is 10.6. The lowest BCUT2D eigenvalue weighted by molar-refractivity contribution is 0.135. The maximum atomic E-state index is 12.8. The summed E-state index contributed by atoms with van der Waals surface area (Å²) in [7, 11) is -2.48. The highest BCUT2D eigenvalue weighted by atomic mass is 35.5. The molecule has 4 rings (SSSR count). The molecule has 0 amide bonds. The van der Waals surface area contributed by atoms with Crippen molar-refractivity contribution in [1.82, 2.24) is 9.29 Å². The molecule has 2 unspecified atom stereocenters. The average molecular weight is 424 g/mol. The number of thiophene rings is 1. The van der Waals surface area contributed by atoms with Crippen LogP contribution < -0.4 is 5.73 Å². The Kier molecular flexibility index (Phi) is 4.16. The van der Waals surface area contributed by atoms with Crippen LogP contribution in [0.1, 0.15) is 16.9 Å². The van der Waals surface area contributed by atoms with Gasteiger partial charge in [-0.15, -0.1) is 11.3 Å². The third-order valence-electron chi connectivity index (χ3n) is 4.66. The summed E-state index contributed by atoms with van der Waals surface area (Å²) in [4.78, 5) is 9.89. The summed E-state index contributed by atoms with van der Waals surface area (Å²) >= 11 is 7.79. The van der Waals surface area contributed by atoms with E-state index in [-0.39, 0.29) is 12.6 Å². The Hall–Kier alpha value is -2.19. The minimum atomic E-state index is -3.83. The summed E-state index contributed by atoms with van der Waals surface area (Å²) in [5.74, 6) is -0.101. The molecule has 2 aliphatic rings. The van der Waals surface area contributed by atoms with Crippen molar-refractivity contribution in [2.75, 3.05) is 13.7 Å². The lowest BCUT2D eigenvalue weighted by atomic mass is 9.97. The fraction of sp³-hybridized carbons (Fsp3) is 0.312. The molecule has 0 saturated carbocycles. The highest BCUT2D eigenvalue weighted by molar-refractivity contribution is 7.90. The van der Waals surface area contributed by atoms with Crippen LogP contribution in [0, 0.1) is 11.3 Å². The van der Waals surface area contributed by atoms with Gasteiger partial charge in [-0.1, -0.05) is 11.6 Å². The van der Waals surface area contributed by atoms with Gasteiger partial charge in [0.05, 0.1) is 22.1 Å². The normalized spacial score (nSPS) is 26.3. The van der Waals surface area contributed by atoms with Crippen LogP contribution in [0.2, 0.25) is 5.02 Å². The Bertz CT molecular complexity index is 1110. The number of fused-ring (bicyclic) bond motifs is 1. The van der Waals surface area contributed by atoms with Crippen molar-refractivity contribution >= 4 is 38.9 Å². The Balaban J connectivity index is 1.89. The van der Waals surface area contributed by atoms with E-state index in [2.05, 4.69) is 9.98 Å². The smallest absolute Gasteiger partial charge is 0.267 e. The number of pyridine rings is 1. The standard InChI is InChI=1S/C16H14ClN5O3S2/c1-22-15(19)21-16(2-3-25-14(16)27(22,23)24)13-11(17)5-12(26-13)10-4-9(6-18)7-20-8-10/h4-5,7-8,14H,2-3H2,1H3,(H2,19,21). The molecule has 2 atom stereocenters. The molecule has 2 N–H and O–H groups in total. The van der Waals surface area contributed by atoms with Crippen LogP contribution in [0.5, 0.6) is 0 Å². The highest BCUT2D eigenvalue weighted by Crippen LogP contribution is 2.51. The number of rotatable bonds is 2. The van der Waals surface area contributed by atoms with Crippen LogP contribution in [0.15, 0.2) is 29.5 Å². The number of halogens is 1. The molecule has 140 valence electrons. The van der Waals surface area contributed by atoms with Gasteiger partial charge in [0.2, 0.25) is 11.4 Å². The van der Waals surface area contributed by atoms with Crippen molar-refractivity contribution in [1.29, 1.82) is 5.26 Å². The average Bonchev–Trinajstić information content (AvgIpc) is 3.25. The first kappa shape index (κ1) is 18.2. The zero-order valence-corrected chi connectivity index (χ0v) is 16.5. The number of hydrogen-bond donors (Lipinski definition) is 1. The van der Waals surface area contributed by atoms with E-state index in [1.807, 2.05) is 6.07 Å². The van der Waals surface area contributed by atoms with Gasteiger partial charge in [-0.3, -0.25) is 4.98 Å². The van der Waals surface area contributed by atoms with E-state index in [1.165, 1.54) is 24.6 Å². The summed E-state index contributed by atoms with van der Waals surface area (Å²) in [6.07, 6.45) is 3.44. The maximum absolute atomic E-state index is 12.8. The van der Waals surface area contributed by atoms with Gasteiger partial charge in [-0.25, -0.2) is 17.7 Å². The van der Waals surface area contributed by atoms with E-state index in [9.17, 15) is 8.42 Å². The largest absolute Gasteiger partial charge is 0.369 e. The second kappa shape index (κ2) is 6.17. The van der Waals surface area contributed by atoms with Crippen molar-refractivity contribution < 1.29 is 13.2 Å². The summed E-state index contributed by atoms with van der Waals surface area (Å²) < 4.78 is 32.1. The van der Waals surface area contributed by atoms with Gasteiger partial charge in [0.1, 0.15) is 11.6 Å². The van der Waals surface area contributed by atoms with Crippen LogP contribution in [0.4, 0.5) is 0 Å². The first-order valence-electron chi connectivity index (χ1n) is 7.89. The summed E-state index contributed by atoms with van der Waals surface area (Å²) in [6, 6.07) is 5.46. The monoisotopic (exact) mass is 423 g/mol. The minimum absolute atomic E-state index is 0.101. The molecular formula is C16H14ClN5O3S2. The molecule has 8 nitrogen and oxygen atoms in total. The van der Waals surface area contributed by atoms with E-state index in [1.54, 1.807) is 18.3 Å². The molecule has 1 saturated heterocycles. The number of ether oxygens (including phenoxy) is 1. The number of hydrogen-bond acceptors (Lipinski definition) is 8. The lowest BCUT2D eigenvalue weighted by Crippen LogP contribution is -2.55. The molecule has 2 aliphatic heterocycles. The van der Waals surface area contributed by atoms with E-state index in [0.29, 0.717) is 27.4 Å². The molecule has 0 spiro atoms. The van der Waals surface area contributed by atoms with Crippen molar-refractivity contribution in [2.45, 2.75) is 17.4 Å². The number of nitrogens with zero attached hydrogens (tertiary/aromatic N) is 4. The predicted octanol–water partition coefficient (Wildman–Crippen LogP) is 1.87. The molecule has 1 fully saturated rings. The fourth-order valence-corrected chi connectivity index (χ4v) is 6.66. The summed E-state index contributed by atoms with van der Waals surface area (Å²) in [5.41, 5.74) is 4.66. The Morgan fingerprint density at radius 1 is 1.48 bits per heavy atom. The fourth-order valence-electron chi connectivity index (χ4n) is 3.28. The topological polar surface area (TPSA) is 122 Å². The molecule has 0 radical (unpaired) electrons. The van der Waals surface area contributed by atoms with Gasteiger partial charge in [0, 0.05) is 36.3 Å². The minimum Gasteiger partial charge on any atom is -0.369 e. The Labute approximate surface area is 164 Å². The molecule has 2 aromatic rings. The summed E-state index contributed by atoms with van der Waals surface area (Å²) in [5, 5.41) is 9.45. The van der Waals surface area contributed by atoms with Crippen LogP contribution in [0.25, 0.3) is 10.4 Å². The first-order chi connectivity index (χ1) is 12.8.